The van der Waals surface area contributed by atoms with Crippen molar-refractivity contribution in [2.75, 3.05) is 6.54 Å². The Hall–Kier alpha value is -0.0400. The van der Waals surface area contributed by atoms with Gasteiger partial charge in [0.1, 0.15) is 0 Å². The van der Waals surface area contributed by atoms with E-state index in [1.165, 1.54) is 25.8 Å². The van der Waals surface area contributed by atoms with E-state index in [4.69, 9.17) is 0 Å². The van der Waals surface area contributed by atoms with Crippen molar-refractivity contribution in [3.8, 4) is 0 Å². The number of nitrogens with zero attached hydrogens (tertiary/aromatic N) is 1. The molecule has 0 aromatic heterocycles. The van der Waals surface area contributed by atoms with Gasteiger partial charge in [-0.1, -0.05) is 0 Å². The Kier molecular flexibility index (Phi) is 1.48. The fourth-order valence-corrected chi connectivity index (χ4v) is 2.40. The molecule has 0 radical (unpaired) electrons. The summed E-state index contributed by atoms with van der Waals surface area (Å²) < 4.78 is 0. The van der Waals surface area contributed by atoms with Crippen LogP contribution < -0.4 is 0 Å². The maximum Gasteiger partial charge on any atom is 0.0103 e. The first-order valence-electron chi connectivity index (χ1n) is 4.53. The molecule has 58 valence electrons. The average molecular weight is 139 g/mol. The van der Waals surface area contributed by atoms with Crippen LogP contribution in [0.15, 0.2) is 0 Å². The summed E-state index contributed by atoms with van der Waals surface area (Å²) in [6.45, 7) is 6.00. The predicted octanol–water partition coefficient (Wildman–Crippen LogP) is 1.88. The van der Waals surface area contributed by atoms with Crippen LogP contribution in [0, 0.1) is 5.92 Å². The van der Waals surface area contributed by atoms with Gasteiger partial charge in [0.15, 0.2) is 0 Å². The summed E-state index contributed by atoms with van der Waals surface area (Å²) in [5.41, 5.74) is 0. The Morgan fingerprint density at radius 2 is 2.00 bits per heavy atom. The van der Waals surface area contributed by atoms with Gasteiger partial charge >= 0.3 is 0 Å². The lowest BCUT2D eigenvalue weighted by molar-refractivity contribution is -0.00611. The van der Waals surface area contributed by atoms with Crippen LogP contribution in [0.5, 0.6) is 0 Å². The monoisotopic (exact) mass is 139 g/mol. The van der Waals surface area contributed by atoms with Gasteiger partial charge in [-0.05, 0) is 45.6 Å². The number of rotatable bonds is 1. The quantitative estimate of drug-likeness (QED) is 0.536. The molecule has 1 nitrogen and oxygen atoms in total. The SMILES string of the molecule is CC(C)N1CCC2CC1C2. The molecule has 0 aromatic rings. The van der Waals surface area contributed by atoms with E-state index in [0.717, 1.165) is 18.0 Å². The molecule has 0 N–H and O–H groups in total. The molecule has 0 aromatic carbocycles. The van der Waals surface area contributed by atoms with Gasteiger partial charge < -0.3 is 0 Å². The maximum absolute atomic E-state index is 2.67. The largest absolute Gasteiger partial charge is 0.298 e. The molecule has 3 fully saturated rings. The van der Waals surface area contributed by atoms with Crippen molar-refractivity contribution in [2.45, 2.75) is 45.2 Å². The van der Waals surface area contributed by atoms with Crippen LogP contribution in [-0.2, 0) is 0 Å². The predicted molar refractivity (Wildman–Crippen MR) is 43.0 cm³/mol. The molecule has 3 rings (SSSR count). The highest BCUT2D eigenvalue weighted by atomic mass is 15.2. The summed E-state index contributed by atoms with van der Waals surface area (Å²) in [4.78, 5) is 2.67. The van der Waals surface area contributed by atoms with Crippen molar-refractivity contribution < 1.29 is 0 Å². The highest BCUT2D eigenvalue weighted by molar-refractivity contribution is 4.93. The van der Waals surface area contributed by atoms with Gasteiger partial charge in [0.2, 0.25) is 0 Å². The summed E-state index contributed by atoms with van der Waals surface area (Å²) >= 11 is 0. The van der Waals surface area contributed by atoms with E-state index < -0.39 is 0 Å². The van der Waals surface area contributed by atoms with E-state index in [-0.39, 0.29) is 0 Å². The zero-order chi connectivity index (χ0) is 7.14. The molecular weight excluding hydrogens is 122 g/mol. The van der Waals surface area contributed by atoms with E-state index in [1.807, 2.05) is 0 Å². The summed E-state index contributed by atoms with van der Waals surface area (Å²) in [6, 6.07) is 1.75. The van der Waals surface area contributed by atoms with Crippen molar-refractivity contribution in [1.29, 1.82) is 0 Å². The second kappa shape index (κ2) is 2.23. The number of hydrogen-bond acceptors (Lipinski definition) is 1. The lowest BCUT2D eigenvalue weighted by atomic mass is 9.73. The van der Waals surface area contributed by atoms with Gasteiger partial charge in [0.25, 0.3) is 0 Å². The van der Waals surface area contributed by atoms with Gasteiger partial charge in [-0.3, -0.25) is 4.90 Å². The third-order valence-corrected chi connectivity index (χ3v) is 3.14. The first-order chi connectivity index (χ1) is 4.77. The van der Waals surface area contributed by atoms with Gasteiger partial charge in [-0.25, -0.2) is 0 Å². The molecule has 10 heavy (non-hydrogen) atoms. The Bertz CT molecular complexity index is 122. The van der Waals surface area contributed by atoms with Crippen LogP contribution in [0.25, 0.3) is 0 Å². The van der Waals surface area contributed by atoms with E-state index >= 15 is 0 Å². The first-order valence-corrected chi connectivity index (χ1v) is 4.53. The number of piperidine rings is 2. The Balaban J connectivity index is 1.96. The fraction of sp³-hybridized carbons (Fsp3) is 1.00. The van der Waals surface area contributed by atoms with Crippen LogP contribution in [-0.4, -0.2) is 23.5 Å². The normalized spacial score (nSPS) is 39.9. The second-order valence-corrected chi connectivity index (χ2v) is 4.11. The number of fused-ring (bicyclic) bond motifs is 2. The zero-order valence-corrected chi connectivity index (χ0v) is 7.01. The molecule has 0 unspecified atom stereocenters. The van der Waals surface area contributed by atoms with E-state index in [0.29, 0.717) is 0 Å². The van der Waals surface area contributed by atoms with Crippen molar-refractivity contribution >= 4 is 0 Å². The minimum absolute atomic E-state index is 0.784. The summed E-state index contributed by atoms with van der Waals surface area (Å²) in [6.07, 6.45) is 4.46. The second-order valence-electron chi connectivity index (χ2n) is 4.11. The topological polar surface area (TPSA) is 3.24 Å². The zero-order valence-electron chi connectivity index (χ0n) is 7.01. The Labute approximate surface area is 63.4 Å². The molecular formula is C9H17N. The molecule has 1 aliphatic carbocycles. The molecule has 0 amide bonds. The summed E-state index contributed by atoms with van der Waals surface area (Å²) in [5.74, 6) is 1.11. The molecule has 3 aliphatic rings. The van der Waals surface area contributed by atoms with Crippen molar-refractivity contribution in [3.05, 3.63) is 0 Å². The van der Waals surface area contributed by atoms with Gasteiger partial charge in [-0.2, -0.15) is 0 Å². The molecule has 2 aliphatic heterocycles. The Morgan fingerprint density at radius 3 is 2.30 bits per heavy atom. The average Bonchev–Trinajstić information content (AvgIpc) is 1.86. The van der Waals surface area contributed by atoms with Crippen molar-refractivity contribution in [1.82, 2.24) is 4.90 Å². The van der Waals surface area contributed by atoms with Crippen LogP contribution >= 0.6 is 0 Å². The molecule has 1 heteroatoms. The first kappa shape index (κ1) is 6.66. The highest BCUT2D eigenvalue weighted by Gasteiger charge is 2.38. The molecule has 0 spiro atoms. The van der Waals surface area contributed by atoms with Gasteiger partial charge in [-0.15, -0.1) is 0 Å². The highest BCUT2D eigenvalue weighted by Crippen LogP contribution is 2.40. The maximum atomic E-state index is 2.67. The van der Waals surface area contributed by atoms with Crippen LogP contribution in [0.3, 0.4) is 0 Å². The lowest BCUT2D eigenvalue weighted by Crippen LogP contribution is -2.53. The summed E-state index contributed by atoms with van der Waals surface area (Å²) in [5, 5.41) is 0. The molecule has 1 saturated carbocycles. The van der Waals surface area contributed by atoms with Crippen molar-refractivity contribution in [2.24, 2.45) is 5.92 Å². The molecule has 2 heterocycles. The third kappa shape index (κ3) is 0.878. The van der Waals surface area contributed by atoms with E-state index in [1.54, 1.807) is 0 Å². The van der Waals surface area contributed by atoms with Crippen LogP contribution in [0.2, 0.25) is 0 Å². The molecule has 2 bridgehead atoms. The number of hydrogen-bond donors (Lipinski definition) is 0. The van der Waals surface area contributed by atoms with Gasteiger partial charge in [0, 0.05) is 12.1 Å². The van der Waals surface area contributed by atoms with Gasteiger partial charge in [0.05, 0.1) is 0 Å². The van der Waals surface area contributed by atoms with E-state index in [2.05, 4.69) is 18.7 Å². The minimum Gasteiger partial charge on any atom is -0.298 e. The van der Waals surface area contributed by atoms with E-state index in [9.17, 15) is 0 Å². The minimum atomic E-state index is 0.784. The molecule has 0 atom stereocenters. The molecule has 2 saturated heterocycles. The van der Waals surface area contributed by atoms with Crippen LogP contribution in [0.1, 0.15) is 33.1 Å². The van der Waals surface area contributed by atoms with Crippen molar-refractivity contribution in [3.63, 3.8) is 0 Å². The summed E-state index contributed by atoms with van der Waals surface area (Å²) in [7, 11) is 0. The van der Waals surface area contributed by atoms with Crippen LogP contribution in [0.4, 0.5) is 0 Å². The third-order valence-electron chi connectivity index (χ3n) is 3.14. The standard InChI is InChI=1S/C9H17N/c1-7(2)10-4-3-8-5-9(10)6-8/h7-9H,3-6H2,1-2H3. The lowest BCUT2D eigenvalue weighted by Gasteiger charge is -2.51. The smallest absolute Gasteiger partial charge is 0.0103 e. The Morgan fingerprint density at radius 1 is 1.30 bits per heavy atom. The fourth-order valence-electron chi connectivity index (χ4n) is 2.40.